The zero-order valence-corrected chi connectivity index (χ0v) is 9.59. The van der Waals surface area contributed by atoms with Crippen LogP contribution in [0.3, 0.4) is 0 Å². The third-order valence-electron chi connectivity index (χ3n) is 3.04. The Hall–Kier alpha value is -2.49. The van der Waals surface area contributed by atoms with Gasteiger partial charge >= 0.3 is 5.97 Å². The van der Waals surface area contributed by atoms with E-state index in [9.17, 15) is 4.79 Å². The molecule has 0 saturated heterocycles. The molecule has 0 aliphatic carbocycles. The summed E-state index contributed by atoms with van der Waals surface area (Å²) >= 11 is 0. The molecule has 2 aromatic carbocycles. The van der Waals surface area contributed by atoms with Crippen LogP contribution < -0.4 is 11.5 Å². The van der Waals surface area contributed by atoms with Crippen molar-refractivity contribution in [3.63, 3.8) is 0 Å². The molecule has 0 bridgehead atoms. The molecule has 0 amide bonds. The number of nitrogens with two attached hydrogens (primary N) is 2. The van der Waals surface area contributed by atoms with Gasteiger partial charge in [0.2, 0.25) is 0 Å². The second-order valence-corrected chi connectivity index (χ2v) is 4.30. The van der Waals surface area contributed by atoms with Crippen LogP contribution in [-0.2, 0) is 4.74 Å². The van der Waals surface area contributed by atoms with Gasteiger partial charge in [0.25, 0.3) is 0 Å². The minimum Gasteiger partial charge on any atom is -0.449 e. The van der Waals surface area contributed by atoms with Crippen molar-refractivity contribution in [3.05, 3.63) is 59.2 Å². The number of hydrogen-bond donors (Lipinski definition) is 2. The number of carbonyl (C=O) groups is 1. The quantitative estimate of drug-likeness (QED) is 0.591. The van der Waals surface area contributed by atoms with E-state index >= 15 is 0 Å². The molecule has 4 nitrogen and oxygen atoms in total. The minimum absolute atomic E-state index is 0.334. The molecule has 90 valence electrons. The lowest BCUT2D eigenvalue weighted by Gasteiger charge is -2.11. The van der Waals surface area contributed by atoms with E-state index in [1.54, 1.807) is 24.3 Å². The van der Waals surface area contributed by atoms with Crippen LogP contribution in [0.15, 0.2) is 42.5 Å². The molecule has 3 rings (SSSR count). The van der Waals surface area contributed by atoms with Gasteiger partial charge in [-0.2, -0.15) is 0 Å². The number of ether oxygens (including phenoxy) is 1. The van der Waals surface area contributed by atoms with E-state index in [2.05, 4.69) is 0 Å². The maximum atomic E-state index is 11.8. The number of hydrogen-bond acceptors (Lipinski definition) is 4. The fourth-order valence-corrected chi connectivity index (χ4v) is 2.13. The largest absolute Gasteiger partial charge is 0.449 e. The van der Waals surface area contributed by atoms with Crippen LogP contribution >= 0.6 is 0 Å². The lowest BCUT2D eigenvalue weighted by Crippen LogP contribution is -2.00. The third kappa shape index (κ3) is 1.59. The Morgan fingerprint density at radius 1 is 0.944 bits per heavy atom. The molecule has 4 N–H and O–H groups in total. The highest BCUT2D eigenvalue weighted by atomic mass is 16.5. The van der Waals surface area contributed by atoms with Crippen molar-refractivity contribution in [2.45, 2.75) is 6.10 Å². The Balaban J connectivity index is 2.07. The first-order valence-electron chi connectivity index (χ1n) is 5.61. The van der Waals surface area contributed by atoms with Crippen LogP contribution in [0.25, 0.3) is 0 Å². The van der Waals surface area contributed by atoms with E-state index in [-0.39, 0.29) is 12.1 Å². The molecule has 18 heavy (non-hydrogen) atoms. The summed E-state index contributed by atoms with van der Waals surface area (Å²) in [6.45, 7) is 0. The summed E-state index contributed by atoms with van der Waals surface area (Å²) in [5, 5.41) is 0. The van der Waals surface area contributed by atoms with Gasteiger partial charge in [-0.1, -0.05) is 18.2 Å². The van der Waals surface area contributed by atoms with Crippen molar-refractivity contribution in [2.75, 3.05) is 11.5 Å². The number of carbonyl (C=O) groups excluding carboxylic acids is 1. The molecule has 1 heterocycles. The van der Waals surface area contributed by atoms with Gasteiger partial charge in [-0.15, -0.1) is 0 Å². The number of anilines is 2. The monoisotopic (exact) mass is 240 g/mol. The average molecular weight is 240 g/mol. The second-order valence-electron chi connectivity index (χ2n) is 4.30. The Morgan fingerprint density at radius 3 is 2.33 bits per heavy atom. The SMILES string of the molecule is Nc1ccc(C2OC(=O)c3cc(N)ccc32)cc1. The molecule has 0 aromatic heterocycles. The van der Waals surface area contributed by atoms with Gasteiger partial charge in [0.1, 0.15) is 0 Å². The van der Waals surface area contributed by atoms with E-state index in [4.69, 9.17) is 16.2 Å². The highest BCUT2D eigenvalue weighted by Gasteiger charge is 2.32. The predicted molar refractivity (Wildman–Crippen MR) is 69.0 cm³/mol. The predicted octanol–water partition coefficient (Wildman–Crippen LogP) is 2.11. The van der Waals surface area contributed by atoms with Crippen molar-refractivity contribution < 1.29 is 9.53 Å². The first kappa shape index (κ1) is 10.7. The third-order valence-corrected chi connectivity index (χ3v) is 3.04. The number of cyclic esters (lactones) is 1. The van der Waals surface area contributed by atoms with Gasteiger partial charge in [0.15, 0.2) is 6.10 Å². The molecule has 0 spiro atoms. The number of benzene rings is 2. The zero-order valence-electron chi connectivity index (χ0n) is 9.59. The average Bonchev–Trinajstić information content (AvgIpc) is 2.68. The fraction of sp³-hybridized carbons (Fsp3) is 0.0714. The first-order valence-corrected chi connectivity index (χ1v) is 5.61. The zero-order chi connectivity index (χ0) is 12.7. The van der Waals surface area contributed by atoms with Crippen molar-refractivity contribution in [1.29, 1.82) is 0 Å². The topological polar surface area (TPSA) is 78.3 Å². The number of fused-ring (bicyclic) bond motifs is 1. The fourth-order valence-electron chi connectivity index (χ4n) is 2.13. The van der Waals surface area contributed by atoms with Crippen LogP contribution in [0.4, 0.5) is 11.4 Å². The molecule has 4 heteroatoms. The first-order chi connectivity index (χ1) is 8.65. The minimum atomic E-state index is -0.367. The Morgan fingerprint density at radius 2 is 1.61 bits per heavy atom. The van der Waals surface area contributed by atoms with Crippen molar-refractivity contribution in [1.82, 2.24) is 0 Å². The van der Waals surface area contributed by atoms with Gasteiger partial charge in [-0.3, -0.25) is 0 Å². The van der Waals surface area contributed by atoms with Crippen LogP contribution in [-0.4, -0.2) is 5.97 Å². The van der Waals surface area contributed by atoms with E-state index in [1.807, 2.05) is 18.2 Å². The molecule has 1 aliphatic rings. The van der Waals surface area contributed by atoms with E-state index in [1.165, 1.54) is 0 Å². The number of esters is 1. The summed E-state index contributed by atoms with van der Waals surface area (Å²) < 4.78 is 5.38. The summed E-state index contributed by atoms with van der Waals surface area (Å²) in [5.74, 6) is -0.334. The lowest BCUT2D eigenvalue weighted by molar-refractivity contribution is 0.0456. The van der Waals surface area contributed by atoms with Gasteiger partial charge < -0.3 is 16.2 Å². The van der Waals surface area contributed by atoms with Gasteiger partial charge in [0, 0.05) is 16.9 Å². The van der Waals surface area contributed by atoms with E-state index < -0.39 is 0 Å². The number of nitrogen functional groups attached to an aromatic ring is 2. The second kappa shape index (κ2) is 3.77. The van der Waals surface area contributed by atoms with Gasteiger partial charge in [0.05, 0.1) is 5.56 Å². The van der Waals surface area contributed by atoms with Gasteiger partial charge in [-0.25, -0.2) is 4.79 Å². The summed E-state index contributed by atoms with van der Waals surface area (Å²) in [6, 6.07) is 12.5. The summed E-state index contributed by atoms with van der Waals surface area (Å²) in [6.07, 6.45) is -0.367. The molecule has 1 unspecified atom stereocenters. The lowest BCUT2D eigenvalue weighted by atomic mass is 9.99. The van der Waals surface area contributed by atoms with E-state index in [0.29, 0.717) is 16.9 Å². The molecule has 0 saturated carbocycles. The summed E-state index contributed by atoms with van der Waals surface area (Å²) in [4.78, 5) is 11.8. The molecule has 1 aliphatic heterocycles. The smallest absolute Gasteiger partial charge is 0.339 e. The maximum Gasteiger partial charge on any atom is 0.339 e. The Labute approximate surface area is 104 Å². The standard InChI is InChI=1S/C14H12N2O2/c15-9-3-1-8(2-4-9)13-11-6-5-10(16)7-12(11)14(17)18-13/h1-7,13H,15-16H2. The number of rotatable bonds is 1. The summed E-state index contributed by atoms with van der Waals surface area (Å²) in [7, 11) is 0. The van der Waals surface area contributed by atoms with Crippen molar-refractivity contribution in [3.8, 4) is 0 Å². The summed E-state index contributed by atoms with van der Waals surface area (Å²) in [5.41, 5.74) is 14.8. The normalized spacial score (nSPS) is 17.3. The molecule has 2 aromatic rings. The molecule has 0 fully saturated rings. The Bertz CT molecular complexity index is 620. The molecular formula is C14H12N2O2. The van der Waals surface area contributed by atoms with Crippen LogP contribution in [0.1, 0.15) is 27.6 Å². The van der Waals surface area contributed by atoms with Crippen LogP contribution in [0.5, 0.6) is 0 Å². The molecule has 0 radical (unpaired) electrons. The molecule has 1 atom stereocenters. The highest BCUT2D eigenvalue weighted by molar-refractivity contribution is 5.95. The maximum absolute atomic E-state index is 11.8. The van der Waals surface area contributed by atoms with Crippen LogP contribution in [0.2, 0.25) is 0 Å². The van der Waals surface area contributed by atoms with Crippen molar-refractivity contribution in [2.24, 2.45) is 0 Å². The van der Waals surface area contributed by atoms with Crippen molar-refractivity contribution >= 4 is 17.3 Å². The highest BCUT2D eigenvalue weighted by Crippen LogP contribution is 2.36. The van der Waals surface area contributed by atoms with E-state index in [0.717, 1.165) is 11.1 Å². The molecular weight excluding hydrogens is 228 g/mol. The van der Waals surface area contributed by atoms with Gasteiger partial charge in [-0.05, 0) is 29.8 Å². The Kier molecular flexibility index (Phi) is 2.23. The van der Waals surface area contributed by atoms with Crippen LogP contribution in [0, 0.1) is 0 Å².